The van der Waals surface area contributed by atoms with Crippen LogP contribution in [0.3, 0.4) is 0 Å². The fourth-order valence-corrected chi connectivity index (χ4v) is 5.64. The molecule has 164 valence electrons. The Bertz CT molecular complexity index is 1130. The van der Waals surface area contributed by atoms with Crippen molar-refractivity contribution in [3.8, 4) is 0 Å². The largest absolute Gasteiger partial charge is 0.334 e. The number of aromatic amines is 1. The van der Waals surface area contributed by atoms with Crippen molar-refractivity contribution in [2.24, 2.45) is 0 Å². The Hall–Kier alpha value is -2.45. The molecule has 1 fully saturated rings. The van der Waals surface area contributed by atoms with Crippen molar-refractivity contribution in [2.45, 2.75) is 64.6 Å². The number of aromatic nitrogens is 3. The van der Waals surface area contributed by atoms with Gasteiger partial charge in [-0.05, 0) is 37.1 Å². The summed E-state index contributed by atoms with van der Waals surface area (Å²) in [6, 6.07) is 6.18. The Morgan fingerprint density at radius 2 is 2.23 bits per heavy atom. The Morgan fingerprint density at radius 1 is 1.32 bits per heavy atom. The van der Waals surface area contributed by atoms with E-state index < -0.39 is 0 Å². The first kappa shape index (κ1) is 20.5. The third-order valence-corrected chi connectivity index (χ3v) is 7.33. The number of hydrogen-bond donors (Lipinski definition) is 1. The molecule has 31 heavy (non-hydrogen) atoms. The highest BCUT2D eigenvalue weighted by Gasteiger charge is 2.30. The summed E-state index contributed by atoms with van der Waals surface area (Å²) in [6.45, 7) is 5.23. The van der Waals surface area contributed by atoms with Gasteiger partial charge in [0.05, 0.1) is 23.0 Å². The number of nitrogens with one attached hydrogen (secondary N) is 1. The van der Waals surface area contributed by atoms with Gasteiger partial charge in [-0.15, -0.1) is 11.3 Å². The quantitative estimate of drug-likeness (QED) is 0.660. The van der Waals surface area contributed by atoms with E-state index in [0.29, 0.717) is 18.6 Å². The molecule has 3 aromatic rings. The lowest BCUT2D eigenvalue weighted by Crippen LogP contribution is -2.38. The molecule has 2 aliphatic heterocycles. The standard InChI is InChI=1S/C23H29N5O2S/c1-2-6-22(29)27-10-4-3-8-20(27)19-13-21-24-18-9-11-26(14-16-7-5-12-31-16)15-17(18)23(30)28(21)25-19/h5,7,12-13,20,25H,2-4,6,8-11,14-15H2,1H3/t20-/m1/s1. The third-order valence-electron chi connectivity index (χ3n) is 6.47. The van der Waals surface area contributed by atoms with Gasteiger partial charge in [-0.2, -0.15) is 0 Å². The van der Waals surface area contributed by atoms with E-state index in [9.17, 15) is 9.59 Å². The minimum atomic E-state index is -0.00984. The summed E-state index contributed by atoms with van der Waals surface area (Å²) in [6.07, 6.45) is 5.27. The fraction of sp³-hybridized carbons (Fsp3) is 0.522. The Balaban J connectivity index is 1.45. The molecule has 2 aliphatic rings. The van der Waals surface area contributed by atoms with Gasteiger partial charge in [0.1, 0.15) is 0 Å². The highest BCUT2D eigenvalue weighted by Crippen LogP contribution is 2.31. The van der Waals surface area contributed by atoms with Crippen LogP contribution in [0, 0.1) is 0 Å². The van der Waals surface area contributed by atoms with Gasteiger partial charge in [-0.25, -0.2) is 9.50 Å². The van der Waals surface area contributed by atoms with E-state index >= 15 is 0 Å². The number of likely N-dealkylation sites (tertiary alicyclic amines) is 1. The van der Waals surface area contributed by atoms with Crippen molar-refractivity contribution >= 4 is 22.9 Å². The first-order valence-corrected chi connectivity index (χ1v) is 12.2. The molecule has 8 heteroatoms. The van der Waals surface area contributed by atoms with Crippen LogP contribution in [0.2, 0.25) is 0 Å². The van der Waals surface area contributed by atoms with Gasteiger partial charge in [-0.1, -0.05) is 13.0 Å². The molecule has 1 saturated heterocycles. The first-order chi connectivity index (χ1) is 15.1. The van der Waals surface area contributed by atoms with Crippen LogP contribution in [0.5, 0.6) is 0 Å². The average Bonchev–Trinajstić information content (AvgIpc) is 3.44. The summed E-state index contributed by atoms with van der Waals surface area (Å²) in [5.74, 6) is 0.203. The molecule has 3 aromatic heterocycles. The minimum Gasteiger partial charge on any atom is -0.334 e. The van der Waals surface area contributed by atoms with Crippen molar-refractivity contribution < 1.29 is 4.79 Å². The second-order valence-corrected chi connectivity index (χ2v) is 9.67. The van der Waals surface area contributed by atoms with Crippen LogP contribution in [0.1, 0.15) is 66.9 Å². The zero-order valence-corrected chi connectivity index (χ0v) is 18.8. The molecule has 5 rings (SSSR count). The molecule has 7 nitrogen and oxygen atoms in total. The van der Waals surface area contributed by atoms with Gasteiger partial charge in [0.25, 0.3) is 5.56 Å². The summed E-state index contributed by atoms with van der Waals surface area (Å²) < 4.78 is 1.58. The zero-order chi connectivity index (χ0) is 21.4. The van der Waals surface area contributed by atoms with Gasteiger partial charge < -0.3 is 4.90 Å². The van der Waals surface area contributed by atoms with E-state index in [1.54, 1.807) is 15.9 Å². The van der Waals surface area contributed by atoms with Gasteiger partial charge in [0, 0.05) is 50.0 Å². The van der Waals surface area contributed by atoms with Crippen molar-refractivity contribution in [2.75, 3.05) is 13.1 Å². The average molecular weight is 440 g/mol. The molecule has 0 saturated carbocycles. The second kappa shape index (κ2) is 8.59. The normalized spacial score (nSPS) is 19.6. The number of piperidine rings is 1. The van der Waals surface area contributed by atoms with E-state index in [0.717, 1.165) is 68.7 Å². The summed E-state index contributed by atoms with van der Waals surface area (Å²) in [7, 11) is 0. The molecule has 0 aromatic carbocycles. The molecule has 1 atom stereocenters. The molecular weight excluding hydrogens is 410 g/mol. The fourth-order valence-electron chi connectivity index (χ4n) is 4.90. The number of H-pyrrole nitrogens is 1. The molecule has 0 bridgehead atoms. The number of thiophene rings is 1. The molecule has 1 amide bonds. The Kier molecular flexibility index (Phi) is 5.67. The maximum absolute atomic E-state index is 13.3. The second-order valence-electron chi connectivity index (χ2n) is 8.64. The van der Waals surface area contributed by atoms with Crippen LogP contribution >= 0.6 is 11.3 Å². The molecule has 0 radical (unpaired) electrons. The highest BCUT2D eigenvalue weighted by atomic mass is 32.1. The first-order valence-electron chi connectivity index (χ1n) is 11.3. The lowest BCUT2D eigenvalue weighted by molar-refractivity contribution is -0.135. The van der Waals surface area contributed by atoms with Crippen LogP contribution in [0.4, 0.5) is 0 Å². The van der Waals surface area contributed by atoms with E-state index in [4.69, 9.17) is 4.98 Å². The predicted molar refractivity (Wildman–Crippen MR) is 121 cm³/mol. The third kappa shape index (κ3) is 3.94. The van der Waals surface area contributed by atoms with Crippen LogP contribution in [0.25, 0.3) is 5.65 Å². The number of rotatable bonds is 5. The zero-order valence-electron chi connectivity index (χ0n) is 18.0. The number of nitrogens with zero attached hydrogens (tertiary/aromatic N) is 4. The Labute approximate surface area is 185 Å². The molecule has 5 heterocycles. The van der Waals surface area contributed by atoms with E-state index in [1.807, 2.05) is 17.9 Å². The summed E-state index contributed by atoms with van der Waals surface area (Å²) in [4.78, 5) is 36.4. The molecule has 0 spiro atoms. The lowest BCUT2D eigenvalue weighted by Gasteiger charge is -2.35. The summed E-state index contributed by atoms with van der Waals surface area (Å²) in [5.41, 5.74) is 3.28. The molecule has 0 unspecified atom stereocenters. The van der Waals surface area contributed by atoms with Gasteiger partial charge in [-0.3, -0.25) is 19.6 Å². The van der Waals surface area contributed by atoms with Crippen molar-refractivity contribution in [3.05, 3.63) is 55.8 Å². The van der Waals surface area contributed by atoms with Crippen LogP contribution in [-0.2, 0) is 24.3 Å². The van der Waals surface area contributed by atoms with Crippen LogP contribution in [0.15, 0.2) is 28.4 Å². The monoisotopic (exact) mass is 439 g/mol. The van der Waals surface area contributed by atoms with E-state index in [2.05, 4.69) is 27.5 Å². The van der Waals surface area contributed by atoms with Crippen molar-refractivity contribution in [1.82, 2.24) is 24.4 Å². The van der Waals surface area contributed by atoms with E-state index in [-0.39, 0.29) is 17.5 Å². The minimum absolute atomic E-state index is 0.00116. The molecule has 1 N–H and O–H groups in total. The number of amides is 1. The van der Waals surface area contributed by atoms with Crippen LogP contribution in [-0.4, -0.2) is 43.4 Å². The molecular formula is C23H29N5O2S. The number of hydrogen-bond acceptors (Lipinski definition) is 5. The topological polar surface area (TPSA) is 73.7 Å². The predicted octanol–water partition coefficient (Wildman–Crippen LogP) is 3.50. The van der Waals surface area contributed by atoms with Gasteiger partial charge in [0.15, 0.2) is 5.65 Å². The van der Waals surface area contributed by atoms with Gasteiger partial charge >= 0.3 is 0 Å². The Morgan fingerprint density at radius 3 is 3.03 bits per heavy atom. The number of carbonyl (C=O) groups excluding carboxylic acids is 1. The highest BCUT2D eigenvalue weighted by molar-refractivity contribution is 7.09. The number of fused-ring (bicyclic) bond motifs is 2. The number of carbonyl (C=O) groups is 1. The van der Waals surface area contributed by atoms with Crippen LogP contribution < -0.4 is 5.56 Å². The summed E-state index contributed by atoms with van der Waals surface area (Å²) >= 11 is 1.75. The summed E-state index contributed by atoms with van der Waals surface area (Å²) in [5, 5.41) is 5.39. The van der Waals surface area contributed by atoms with Crippen molar-refractivity contribution in [3.63, 3.8) is 0 Å². The molecule has 0 aliphatic carbocycles. The van der Waals surface area contributed by atoms with Crippen molar-refractivity contribution in [1.29, 1.82) is 0 Å². The maximum atomic E-state index is 13.3. The van der Waals surface area contributed by atoms with E-state index in [1.165, 1.54) is 4.88 Å². The lowest BCUT2D eigenvalue weighted by atomic mass is 9.98. The SMILES string of the molecule is CCCC(=O)N1CCCC[C@@H]1c1cc2nc3c(c(=O)n2[nH]1)CN(Cc1cccs1)CC3. The maximum Gasteiger partial charge on any atom is 0.277 e. The smallest absolute Gasteiger partial charge is 0.277 e. The van der Waals surface area contributed by atoms with Gasteiger partial charge in [0.2, 0.25) is 5.91 Å².